The molecule has 1 atom stereocenters. The molecule has 1 rings (SSSR count). The first-order chi connectivity index (χ1) is 9.72. The van der Waals surface area contributed by atoms with Gasteiger partial charge in [0.1, 0.15) is 6.04 Å². The predicted molar refractivity (Wildman–Crippen MR) is 76.0 cm³/mol. The first kappa shape index (κ1) is 17.1. The number of sulfonamides is 1. The van der Waals surface area contributed by atoms with E-state index in [0.717, 1.165) is 5.56 Å². The second kappa shape index (κ2) is 7.19. The fourth-order valence-corrected chi connectivity index (χ4v) is 2.93. The van der Waals surface area contributed by atoms with Crippen LogP contribution in [0.25, 0.3) is 0 Å². The summed E-state index contributed by atoms with van der Waals surface area (Å²) in [5, 5.41) is 8.55. The van der Waals surface area contributed by atoms with E-state index in [9.17, 15) is 18.0 Å². The van der Waals surface area contributed by atoms with Crippen molar-refractivity contribution in [2.75, 3.05) is 0 Å². The maximum atomic E-state index is 12.1. The molecule has 1 amide bonds. The van der Waals surface area contributed by atoms with E-state index in [4.69, 9.17) is 10.8 Å². The van der Waals surface area contributed by atoms with Crippen LogP contribution >= 0.6 is 0 Å². The highest BCUT2D eigenvalue weighted by atomic mass is 32.2. The summed E-state index contributed by atoms with van der Waals surface area (Å²) in [6.07, 6.45) is 0.0299. The lowest BCUT2D eigenvalue weighted by Crippen LogP contribution is -2.44. The summed E-state index contributed by atoms with van der Waals surface area (Å²) >= 11 is 0. The van der Waals surface area contributed by atoms with Crippen LogP contribution in [0.3, 0.4) is 0 Å². The van der Waals surface area contributed by atoms with Crippen LogP contribution in [0, 0.1) is 6.92 Å². The zero-order valence-electron chi connectivity index (χ0n) is 11.6. The van der Waals surface area contributed by atoms with E-state index in [2.05, 4.69) is 4.72 Å². The van der Waals surface area contributed by atoms with Gasteiger partial charge in [-0.15, -0.1) is 0 Å². The normalized spacial score (nSPS) is 12.8. The van der Waals surface area contributed by atoms with E-state index < -0.39 is 27.9 Å². The molecule has 8 heteroatoms. The van der Waals surface area contributed by atoms with Crippen molar-refractivity contribution in [2.24, 2.45) is 5.73 Å². The molecule has 0 heterocycles. The average molecular weight is 314 g/mol. The lowest BCUT2D eigenvalue weighted by atomic mass is 10.1. The first-order valence-corrected chi connectivity index (χ1v) is 7.81. The molecule has 21 heavy (non-hydrogen) atoms. The highest BCUT2D eigenvalue weighted by Gasteiger charge is 2.23. The molecule has 0 aliphatic rings. The monoisotopic (exact) mass is 314 g/mol. The van der Waals surface area contributed by atoms with Crippen molar-refractivity contribution in [3.63, 3.8) is 0 Å². The number of benzene rings is 1. The van der Waals surface area contributed by atoms with Gasteiger partial charge in [-0.1, -0.05) is 17.7 Å². The molecule has 0 bridgehead atoms. The van der Waals surface area contributed by atoms with Crippen molar-refractivity contribution >= 4 is 21.9 Å². The summed E-state index contributed by atoms with van der Waals surface area (Å²) in [5.74, 6) is -1.85. The van der Waals surface area contributed by atoms with E-state index in [0.29, 0.717) is 0 Å². The average Bonchev–Trinajstić information content (AvgIpc) is 2.37. The minimum Gasteiger partial charge on any atom is -0.481 e. The molecule has 1 aromatic carbocycles. The summed E-state index contributed by atoms with van der Waals surface area (Å²) in [6.45, 7) is 1.82. The zero-order valence-corrected chi connectivity index (χ0v) is 12.4. The number of aliphatic carboxylic acids is 1. The Hall–Kier alpha value is -1.93. The maximum absolute atomic E-state index is 12.1. The topological polar surface area (TPSA) is 127 Å². The molecule has 4 N–H and O–H groups in total. The summed E-state index contributed by atoms with van der Waals surface area (Å²) in [5.41, 5.74) is 6.05. The lowest BCUT2D eigenvalue weighted by molar-refractivity contribution is -0.137. The van der Waals surface area contributed by atoms with Gasteiger partial charge in [0, 0.05) is 6.42 Å². The summed E-state index contributed by atoms with van der Waals surface area (Å²) in [4.78, 5) is 21.7. The van der Waals surface area contributed by atoms with Gasteiger partial charge in [0.2, 0.25) is 15.9 Å². The number of nitrogens with one attached hydrogen (secondary N) is 1. The van der Waals surface area contributed by atoms with Gasteiger partial charge in [-0.2, -0.15) is 4.72 Å². The van der Waals surface area contributed by atoms with Crippen LogP contribution in [0.5, 0.6) is 0 Å². The number of aryl methyl sites for hydroxylation is 1. The summed E-state index contributed by atoms with van der Waals surface area (Å²) in [6, 6.07) is 4.99. The van der Waals surface area contributed by atoms with Gasteiger partial charge < -0.3 is 10.8 Å². The quantitative estimate of drug-likeness (QED) is 0.639. The van der Waals surface area contributed by atoms with Crippen molar-refractivity contribution in [3.05, 3.63) is 29.8 Å². The number of hydrogen-bond donors (Lipinski definition) is 3. The number of carboxylic acid groups (broad SMARTS) is 1. The van der Waals surface area contributed by atoms with Gasteiger partial charge in [0.25, 0.3) is 0 Å². The minimum absolute atomic E-state index is 0.0255. The fourth-order valence-electron chi connectivity index (χ4n) is 1.69. The van der Waals surface area contributed by atoms with Gasteiger partial charge in [-0.3, -0.25) is 9.59 Å². The molecule has 7 nitrogen and oxygen atoms in total. The number of nitrogens with two attached hydrogens (primary N) is 1. The van der Waals surface area contributed by atoms with E-state index in [-0.39, 0.29) is 24.2 Å². The molecular formula is C13H18N2O5S. The van der Waals surface area contributed by atoms with Gasteiger partial charge in [0.15, 0.2) is 0 Å². The van der Waals surface area contributed by atoms with Crippen LogP contribution in [0.1, 0.15) is 24.8 Å². The fraction of sp³-hybridized carbons (Fsp3) is 0.385. The number of hydrogen-bond acceptors (Lipinski definition) is 4. The van der Waals surface area contributed by atoms with Crippen LogP contribution in [0.2, 0.25) is 0 Å². The second-order valence-corrected chi connectivity index (χ2v) is 6.39. The van der Waals surface area contributed by atoms with Gasteiger partial charge in [-0.05, 0) is 31.9 Å². The molecule has 1 aromatic rings. The first-order valence-electron chi connectivity index (χ1n) is 6.32. The Kier molecular flexibility index (Phi) is 5.86. The van der Waals surface area contributed by atoms with Crippen LogP contribution in [-0.4, -0.2) is 31.4 Å². The van der Waals surface area contributed by atoms with Crippen molar-refractivity contribution in [1.82, 2.24) is 4.72 Å². The largest absolute Gasteiger partial charge is 0.481 e. The molecule has 0 saturated heterocycles. The highest BCUT2D eigenvalue weighted by molar-refractivity contribution is 7.89. The Morgan fingerprint density at radius 1 is 1.29 bits per heavy atom. The lowest BCUT2D eigenvalue weighted by Gasteiger charge is -2.15. The van der Waals surface area contributed by atoms with E-state index in [1.807, 2.05) is 6.92 Å². The Balaban J connectivity index is 2.79. The van der Waals surface area contributed by atoms with Crippen molar-refractivity contribution in [3.8, 4) is 0 Å². The molecule has 0 fully saturated rings. The molecule has 0 aliphatic carbocycles. The molecule has 0 aromatic heterocycles. The van der Waals surface area contributed by atoms with Crippen molar-refractivity contribution in [1.29, 1.82) is 0 Å². The van der Waals surface area contributed by atoms with Gasteiger partial charge in [0.05, 0.1) is 4.90 Å². The number of amides is 1. The minimum atomic E-state index is -3.87. The summed E-state index contributed by atoms with van der Waals surface area (Å²) < 4.78 is 26.4. The molecule has 0 radical (unpaired) electrons. The third-order valence-electron chi connectivity index (χ3n) is 2.86. The van der Waals surface area contributed by atoms with Gasteiger partial charge >= 0.3 is 5.97 Å². The Labute approximate surface area is 123 Å². The third-order valence-corrected chi connectivity index (χ3v) is 4.34. The predicted octanol–water partition coefficient (Wildman–Crippen LogP) is 0.382. The van der Waals surface area contributed by atoms with E-state index in [1.165, 1.54) is 12.1 Å². The standard InChI is InChI=1S/C13H18N2O5S/c1-9-5-7-10(8-6-9)21(19,20)15-11(13(14)18)3-2-4-12(16)17/h5-8,11,15H,2-4H2,1H3,(H2,14,18)(H,16,17)/t11-/m1/s1. The third kappa shape index (κ3) is 5.52. The number of carbonyl (C=O) groups is 2. The second-order valence-electron chi connectivity index (χ2n) is 4.68. The van der Waals surface area contributed by atoms with Crippen LogP contribution in [0.15, 0.2) is 29.2 Å². The maximum Gasteiger partial charge on any atom is 0.303 e. The van der Waals surface area contributed by atoms with Crippen molar-refractivity contribution in [2.45, 2.75) is 37.1 Å². The van der Waals surface area contributed by atoms with Crippen LogP contribution in [0.4, 0.5) is 0 Å². The number of primary amides is 1. The van der Waals surface area contributed by atoms with Gasteiger partial charge in [-0.25, -0.2) is 8.42 Å². The molecule has 0 spiro atoms. The molecular weight excluding hydrogens is 296 g/mol. The van der Waals surface area contributed by atoms with Crippen LogP contribution in [-0.2, 0) is 19.6 Å². The Morgan fingerprint density at radius 2 is 1.86 bits per heavy atom. The smallest absolute Gasteiger partial charge is 0.303 e. The highest BCUT2D eigenvalue weighted by Crippen LogP contribution is 2.12. The number of carboxylic acids is 1. The number of rotatable bonds is 8. The summed E-state index contributed by atoms with van der Waals surface area (Å²) in [7, 11) is -3.87. The Bertz CT molecular complexity index is 610. The SMILES string of the molecule is Cc1ccc(S(=O)(=O)N[C@H](CCCC(=O)O)C(N)=O)cc1. The zero-order chi connectivity index (χ0) is 16.0. The van der Waals surface area contributed by atoms with E-state index in [1.54, 1.807) is 12.1 Å². The van der Waals surface area contributed by atoms with E-state index >= 15 is 0 Å². The van der Waals surface area contributed by atoms with Crippen LogP contribution < -0.4 is 10.5 Å². The molecule has 0 unspecified atom stereocenters. The van der Waals surface area contributed by atoms with Crippen molar-refractivity contribution < 1.29 is 23.1 Å². The molecule has 116 valence electrons. The Morgan fingerprint density at radius 3 is 2.33 bits per heavy atom. The number of carbonyl (C=O) groups excluding carboxylic acids is 1. The molecule has 0 saturated carbocycles. The molecule has 0 aliphatic heterocycles.